The van der Waals surface area contributed by atoms with Crippen molar-refractivity contribution in [2.75, 3.05) is 13.2 Å². The van der Waals surface area contributed by atoms with Crippen LogP contribution in [0.3, 0.4) is 0 Å². The Labute approximate surface area is 107 Å². The van der Waals surface area contributed by atoms with E-state index in [9.17, 15) is 9.50 Å². The van der Waals surface area contributed by atoms with Gasteiger partial charge in [-0.2, -0.15) is 0 Å². The van der Waals surface area contributed by atoms with Crippen LogP contribution >= 0.6 is 0 Å². The van der Waals surface area contributed by atoms with Crippen LogP contribution in [0.5, 0.6) is 5.75 Å². The quantitative estimate of drug-likeness (QED) is 0.703. The molecule has 0 aliphatic rings. The van der Waals surface area contributed by atoms with Gasteiger partial charge in [-0.25, -0.2) is 4.39 Å². The van der Waals surface area contributed by atoms with E-state index in [0.717, 1.165) is 25.7 Å². The molecule has 0 spiro atoms. The molecule has 0 aromatic heterocycles. The minimum absolute atomic E-state index is 0.229. The summed E-state index contributed by atoms with van der Waals surface area (Å²) in [6.07, 6.45) is 2.87. The van der Waals surface area contributed by atoms with Crippen molar-refractivity contribution in [3.63, 3.8) is 0 Å². The lowest BCUT2D eigenvalue weighted by atomic mass is 10.1. The molecule has 18 heavy (non-hydrogen) atoms. The second kappa shape index (κ2) is 8.06. The number of hydrogen-bond acceptors (Lipinski definition) is 3. The van der Waals surface area contributed by atoms with Crippen molar-refractivity contribution in [2.45, 2.75) is 38.7 Å². The minimum atomic E-state index is -0.808. The van der Waals surface area contributed by atoms with Gasteiger partial charge in [-0.05, 0) is 38.3 Å². The summed E-state index contributed by atoms with van der Waals surface area (Å²) in [6, 6.07) is 4.51. The molecule has 0 fully saturated rings. The molecular formula is C14H21FO3. The Hall–Kier alpha value is -1.13. The molecule has 2 N–H and O–H groups in total. The zero-order valence-electron chi connectivity index (χ0n) is 10.7. The van der Waals surface area contributed by atoms with Crippen LogP contribution in [0.25, 0.3) is 0 Å². The molecular weight excluding hydrogens is 235 g/mol. The molecule has 0 heterocycles. The van der Waals surface area contributed by atoms with Crippen molar-refractivity contribution in [1.82, 2.24) is 0 Å². The molecule has 0 radical (unpaired) electrons. The van der Waals surface area contributed by atoms with Crippen molar-refractivity contribution < 1.29 is 19.3 Å². The summed E-state index contributed by atoms with van der Waals surface area (Å²) in [4.78, 5) is 0. The van der Waals surface area contributed by atoms with Gasteiger partial charge in [0.05, 0.1) is 12.7 Å². The van der Waals surface area contributed by atoms with Crippen LogP contribution in [0.15, 0.2) is 18.2 Å². The summed E-state index contributed by atoms with van der Waals surface area (Å²) in [5.74, 6) is 0.0434. The molecule has 0 aliphatic heterocycles. The summed E-state index contributed by atoms with van der Waals surface area (Å²) >= 11 is 0. The average Bonchev–Trinajstić information content (AvgIpc) is 2.33. The Balaban J connectivity index is 2.33. The third-order valence-electron chi connectivity index (χ3n) is 2.74. The van der Waals surface area contributed by atoms with Gasteiger partial charge in [0.15, 0.2) is 0 Å². The zero-order valence-corrected chi connectivity index (χ0v) is 10.7. The predicted octanol–water partition coefficient (Wildman–Crippen LogP) is 2.81. The number of rotatable bonds is 8. The van der Waals surface area contributed by atoms with Gasteiger partial charge in [-0.1, -0.05) is 6.42 Å². The van der Waals surface area contributed by atoms with Crippen molar-refractivity contribution in [3.05, 3.63) is 29.6 Å². The lowest BCUT2D eigenvalue weighted by Crippen LogP contribution is -2.00. The number of aliphatic hydroxyl groups excluding tert-OH is 2. The van der Waals surface area contributed by atoms with E-state index in [-0.39, 0.29) is 12.2 Å². The third-order valence-corrected chi connectivity index (χ3v) is 2.74. The van der Waals surface area contributed by atoms with E-state index in [1.165, 1.54) is 13.0 Å². The Kier molecular flexibility index (Phi) is 6.68. The van der Waals surface area contributed by atoms with E-state index in [2.05, 4.69) is 0 Å². The van der Waals surface area contributed by atoms with Crippen LogP contribution in [0.2, 0.25) is 0 Å². The van der Waals surface area contributed by atoms with Gasteiger partial charge in [0, 0.05) is 18.2 Å². The first-order valence-electron chi connectivity index (χ1n) is 6.36. The fraction of sp³-hybridized carbons (Fsp3) is 0.571. The van der Waals surface area contributed by atoms with Crippen LogP contribution in [0.1, 0.15) is 44.3 Å². The monoisotopic (exact) mass is 256 g/mol. The molecule has 4 heteroatoms. The van der Waals surface area contributed by atoms with E-state index < -0.39 is 11.9 Å². The molecule has 0 aliphatic carbocycles. The van der Waals surface area contributed by atoms with Crippen molar-refractivity contribution in [2.24, 2.45) is 0 Å². The summed E-state index contributed by atoms with van der Waals surface area (Å²) in [6.45, 7) is 2.30. The van der Waals surface area contributed by atoms with Crippen LogP contribution < -0.4 is 4.74 Å². The summed E-state index contributed by atoms with van der Waals surface area (Å²) < 4.78 is 18.9. The van der Waals surface area contributed by atoms with Crippen molar-refractivity contribution in [1.29, 1.82) is 0 Å². The second-order valence-corrected chi connectivity index (χ2v) is 4.35. The summed E-state index contributed by atoms with van der Waals surface area (Å²) in [5, 5.41) is 17.9. The average molecular weight is 256 g/mol. The van der Waals surface area contributed by atoms with Crippen molar-refractivity contribution >= 4 is 0 Å². The lowest BCUT2D eigenvalue weighted by molar-refractivity contribution is 0.194. The number of hydrogen-bond donors (Lipinski definition) is 2. The molecule has 3 nitrogen and oxygen atoms in total. The van der Waals surface area contributed by atoms with Gasteiger partial charge < -0.3 is 14.9 Å². The lowest BCUT2D eigenvalue weighted by Gasteiger charge is -2.09. The Morgan fingerprint density at radius 3 is 2.56 bits per heavy atom. The van der Waals surface area contributed by atoms with Gasteiger partial charge in [-0.3, -0.25) is 0 Å². The molecule has 0 saturated heterocycles. The van der Waals surface area contributed by atoms with E-state index in [0.29, 0.717) is 12.4 Å². The highest BCUT2D eigenvalue weighted by Gasteiger charge is 2.08. The molecule has 0 unspecified atom stereocenters. The smallest absolute Gasteiger partial charge is 0.132 e. The van der Waals surface area contributed by atoms with Gasteiger partial charge in [-0.15, -0.1) is 0 Å². The highest BCUT2D eigenvalue weighted by atomic mass is 19.1. The molecule has 1 aromatic carbocycles. The topological polar surface area (TPSA) is 49.7 Å². The number of unbranched alkanes of at least 4 members (excludes halogenated alkanes) is 3. The fourth-order valence-electron chi connectivity index (χ4n) is 1.69. The van der Waals surface area contributed by atoms with Gasteiger partial charge >= 0.3 is 0 Å². The van der Waals surface area contributed by atoms with Gasteiger partial charge in [0.1, 0.15) is 11.6 Å². The molecule has 1 rings (SSSR count). The molecule has 1 aromatic rings. The van der Waals surface area contributed by atoms with Gasteiger partial charge in [0.25, 0.3) is 0 Å². The van der Waals surface area contributed by atoms with Crippen LogP contribution in [-0.2, 0) is 0 Å². The van der Waals surface area contributed by atoms with E-state index >= 15 is 0 Å². The molecule has 0 amide bonds. The number of halogens is 1. The highest BCUT2D eigenvalue weighted by Crippen LogP contribution is 2.21. The highest BCUT2D eigenvalue weighted by molar-refractivity contribution is 5.29. The number of benzene rings is 1. The van der Waals surface area contributed by atoms with Crippen LogP contribution in [0.4, 0.5) is 4.39 Å². The summed E-state index contributed by atoms with van der Waals surface area (Å²) in [5.41, 5.74) is 0.283. The number of aliphatic hydroxyl groups is 2. The summed E-state index contributed by atoms with van der Waals surface area (Å²) in [7, 11) is 0. The Morgan fingerprint density at radius 1 is 1.22 bits per heavy atom. The second-order valence-electron chi connectivity index (χ2n) is 4.35. The molecule has 0 saturated carbocycles. The maximum absolute atomic E-state index is 13.5. The first-order valence-corrected chi connectivity index (χ1v) is 6.36. The van der Waals surface area contributed by atoms with E-state index in [4.69, 9.17) is 9.84 Å². The minimum Gasteiger partial charge on any atom is -0.493 e. The zero-order chi connectivity index (χ0) is 13.4. The molecule has 102 valence electrons. The Morgan fingerprint density at radius 2 is 1.94 bits per heavy atom. The standard InChI is InChI=1S/C14H21FO3/c1-11(17)13-7-6-12(10-14(13)15)18-9-5-3-2-4-8-16/h6-7,10-11,16-17H,2-5,8-9H2,1H3/t11-/m1/s1. The molecule has 1 atom stereocenters. The SMILES string of the molecule is C[C@@H](O)c1ccc(OCCCCCCO)cc1F. The van der Waals surface area contributed by atoms with Gasteiger partial charge in [0.2, 0.25) is 0 Å². The molecule has 0 bridgehead atoms. The first kappa shape index (κ1) is 14.9. The Bertz CT molecular complexity index is 353. The van der Waals surface area contributed by atoms with Crippen LogP contribution in [0, 0.1) is 5.82 Å². The number of ether oxygens (including phenoxy) is 1. The van der Waals surface area contributed by atoms with E-state index in [1.54, 1.807) is 12.1 Å². The predicted molar refractivity (Wildman–Crippen MR) is 68.1 cm³/mol. The van der Waals surface area contributed by atoms with Crippen molar-refractivity contribution in [3.8, 4) is 5.75 Å². The fourth-order valence-corrected chi connectivity index (χ4v) is 1.69. The first-order chi connectivity index (χ1) is 8.65. The normalized spacial score (nSPS) is 12.4. The maximum Gasteiger partial charge on any atom is 0.132 e. The van der Waals surface area contributed by atoms with Crippen LogP contribution in [-0.4, -0.2) is 23.4 Å². The van der Waals surface area contributed by atoms with E-state index in [1.807, 2.05) is 0 Å². The maximum atomic E-state index is 13.5. The largest absolute Gasteiger partial charge is 0.493 e. The third kappa shape index (κ3) is 5.02.